The number of aromatic nitrogens is 1. The Morgan fingerprint density at radius 2 is 1.74 bits per heavy atom. The molecule has 94 valence electrons. The number of anilines is 1. The zero-order chi connectivity index (χ0) is 13.1. The largest absolute Gasteiger partial charge is 0.388 e. The molecule has 0 amide bonds. The van der Waals surface area contributed by atoms with E-state index < -0.39 is 0 Å². The van der Waals surface area contributed by atoms with Crippen LogP contribution in [-0.4, -0.2) is 12.0 Å². The summed E-state index contributed by atoms with van der Waals surface area (Å²) in [6, 6.07) is 19.1. The summed E-state index contributed by atoms with van der Waals surface area (Å²) < 4.78 is 0. The number of fused-ring (bicyclic) bond motifs is 1. The Kier molecular flexibility index (Phi) is 3.15. The molecule has 2 aromatic carbocycles. The highest BCUT2D eigenvalue weighted by Crippen LogP contribution is 2.17. The van der Waals surface area contributed by atoms with Crippen molar-refractivity contribution in [3.05, 3.63) is 71.9 Å². The highest BCUT2D eigenvalue weighted by Gasteiger charge is 1.99. The second-order valence-electron chi connectivity index (χ2n) is 4.65. The molecule has 0 aliphatic heterocycles. The van der Waals surface area contributed by atoms with Crippen LogP contribution < -0.4 is 5.32 Å². The molecule has 19 heavy (non-hydrogen) atoms. The van der Waals surface area contributed by atoms with Crippen LogP contribution in [0, 0.1) is 0 Å². The third-order valence-electron chi connectivity index (χ3n) is 3.32. The van der Waals surface area contributed by atoms with Crippen molar-refractivity contribution < 1.29 is 0 Å². The van der Waals surface area contributed by atoms with Gasteiger partial charge in [-0.05, 0) is 47.9 Å². The summed E-state index contributed by atoms with van der Waals surface area (Å²) in [7, 11) is 1.94. The van der Waals surface area contributed by atoms with Crippen molar-refractivity contribution in [1.29, 1.82) is 0 Å². The maximum Gasteiger partial charge on any atom is 0.0702 e. The number of rotatable bonds is 3. The molecule has 0 bridgehead atoms. The zero-order valence-electron chi connectivity index (χ0n) is 10.9. The minimum absolute atomic E-state index is 0.953. The van der Waals surface area contributed by atoms with Gasteiger partial charge in [0.05, 0.1) is 5.52 Å². The molecule has 0 atom stereocenters. The third kappa shape index (κ3) is 2.58. The molecule has 2 nitrogen and oxygen atoms in total. The Hall–Kier alpha value is -2.35. The number of pyridine rings is 1. The van der Waals surface area contributed by atoms with Crippen LogP contribution in [0.15, 0.2) is 60.8 Å². The van der Waals surface area contributed by atoms with Gasteiger partial charge in [0.2, 0.25) is 0 Å². The number of hydrogen-bond donors (Lipinski definition) is 1. The standard InChI is InChI=1S/C17H16N2/c1-18-16-7-4-13(5-8-16)11-14-6-9-17-15(12-14)3-2-10-19-17/h2-10,12,18H,11H2,1H3. The van der Waals surface area contributed by atoms with Gasteiger partial charge in [-0.2, -0.15) is 0 Å². The van der Waals surface area contributed by atoms with Crippen LogP contribution in [0.1, 0.15) is 11.1 Å². The topological polar surface area (TPSA) is 24.9 Å². The predicted molar refractivity (Wildman–Crippen MR) is 80.5 cm³/mol. The van der Waals surface area contributed by atoms with Crippen LogP contribution >= 0.6 is 0 Å². The highest BCUT2D eigenvalue weighted by molar-refractivity contribution is 5.79. The fourth-order valence-electron chi connectivity index (χ4n) is 2.26. The van der Waals surface area contributed by atoms with Crippen molar-refractivity contribution in [1.82, 2.24) is 4.98 Å². The second-order valence-corrected chi connectivity index (χ2v) is 4.65. The molecular weight excluding hydrogens is 232 g/mol. The molecule has 0 radical (unpaired) electrons. The number of nitrogens with zero attached hydrogens (tertiary/aromatic N) is 1. The fraction of sp³-hybridized carbons (Fsp3) is 0.118. The van der Waals surface area contributed by atoms with Crippen molar-refractivity contribution in [2.45, 2.75) is 6.42 Å². The van der Waals surface area contributed by atoms with Crippen LogP contribution in [-0.2, 0) is 6.42 Å². The van der Waals surface area contributed by atoms with Crippen molar-refractivity contribution in [3.8, 4) is 0 Å². The van der Waals surface area contributed by atoms with Crippen LogP contribution in [0.3, 0.4) is 0 Å². The van der Waals surface area contributed by atoms with E-state index in [-0.39, 0.29) is 0 Å². The number of hydrogen-bond acceptors (Lipinski definition) is 2. The molecule has 1 heterocycles. The second kappa shape index (κ2) is 5.11. The lowest BCUT2D eigenvalue weighted by Gasteiger charge is -2.05. The molecule has 1 N–H and O–H groups in total. The van der Waals surface area contributed by atoms with E-state index in [1.165, 1.54) is 16.5 Å². The Labute approximate surface area is 113 Å². The zero-order valence-corrected chi connectivity index (χ0v) is 10.9. The van der Waals surface area contributed by atoms with Crippen molar-refractivity contribution >= 4 is 16.6 Å². The number of benzene rings is 2. The quantitative estimate of drug-likeness (QED) is 0.761. The molecule has 0 unspecified atom stereocenters. The molecule has 0 spiro atoms. The van der Waals surface area contributed by atoms with Crippen molar-refractivity contribution in [3.63, 3.8) is 0 Å². The first-order chi connectivity index (χ1) is 9.35. The normalized spacial score (nSPS) is 10.6. The van der Waals surface area contributed by atoms with E-state index in [4.69, 9.17) is 0 Å². The van der Waals surface area contributed by atoms with Crippen LogP contribution in [0.4, 0.5) is 5.69 Å². The molecule has 1 aromatic heterocycles. The van der Waals surface area contributed by atoms with Gasteiger partial charge < -0.3 is 5.32 Å². The molecular formula is C17H16N2. The van der Waals surface area contributed by atoms with Gasteiger partial charge in [-0.25, -0.2) is 0 Å². The molecule has 3 rings (SSSR count). The molecule has 2 heteroatoms. The van der Waals surface area contributed by atoms with E-state index in [9.17, 15) is 0 Å². The Bertz CT molecular complexity index is 687. The van der Waals surface area contributed by atoms with Gasteiger partial charge in [0.15, 0.2) is 0 Å². The van der Waals surface area contributed by atoms with Crippen molar-refractivity contribution in [2.24, 2.45) is 0 Å². The lowest BCUT2D eigenvalue weighted by molar-refractivity contribution is 1.20. The lowest BCUT2D eigenvalue weighted by Crippen LogP contribution is -1.91. The first-order valence-corrected chi connectivity index (χ1v) is 6.45. The van der Waals surface area contributed by atoms with Crippen LogP contribution in [0.2, 0.25) is 0 Å². The van der Waals surface area contributed by atoms with Gasteiger partial charge in [0.1, 0.15) is 0 Å². The van der Waals surface area contributed by atoms with Gasteiger partial charge in [-0.15, -0.1) is 0 Å². The summed E-state index contributed by atoms with van der Waals surface area (Å²) >= 11 is 0. The Morgan fingerprint density at radius 1 is 0.947 bits per heavy atom. The summed E-state index contributed by atoms with van der Waals surface area (Å²) in [5.41, 5.74) is 4.84. The summed E-state index contributed by atoms with van der Waals surface area (Å²) in [4.78, 5) is 4.34. The third-order valence-corrected chi connectivity index (χ3v) is 3.32. The van der Waals surface area contributed by atoms with E-state index in [2.05, 4.69) is 58.8 Å². The summed E-state index contributed by atoms with van der Waals surface area (Å²) in [5, 5.41) is 4.33. The van der Waals surface area contributed by atoms with Crippen LogP contribution in [0.5, 0.6) is 0 Å². The first kappa shape index (κ1) is 11.7. The van der Waals surface area contributed by atoms with E-state index in [1.54, 1.807) is 0 Å². The van der Waals surface area contributed by atoms with Gasteiger partial charge in [0.25, 0.3) is 0 Å². The maximum atomic E-state index is 4.34. The highest BCUT2D eigenvalue weighted by atomic mass is 14.8. The smallest absolute Gasteiger partial charge is 0.0702 e. The molecule has 0 saturated heterocycles. The summed E-state index contributed by atoms with van der Waals surface area (Å²) in [5.74, 6) is 0. The summed E-state index contributed by atoms with van der Waals surface area (Å²) in [6.07, 6.45) is 2.79. The molecule has 0 saturated carbocycles. The Morgan fingerprint density at radius 3 is 2.53 bits per heavy atom. The average Bonchev–Trinajstić information content (AvgIpc) is 2.48. The minimum atomic E-state index is 0.953. The van der Waals surface area contributed by atoms with E-state index in [1.807, 2.05) is 19.3 Å². The van der Waals surface area contributed by atoms with E-state index in [0.29, 0.717) is 0 Å². The Balaban J connectivity index is 1.87. The molecule has 3 aromatic rings. The average molecular weight is 248 g/mol. The first-order valence-electron chi connectivity index (χ1n) is 6.45. The van der Waals surface area contributed by atoms with Gasteiger partial charge >= 0.3 is 0 Å². The van der Waals surface area contributed by atoms with Gasteiger partial charge in [-0.1, -0.05) is 24.3 Å². The lowest BCUT2D eigenvalue weighted by atomic mass is 10.0. The number of nitrogens with one attached hydrogen (secondary N) is 1. The SMILES string of the molecule is CNc1ccc(Cc2ccc3ncccc3c2)cc1. The van der Waals surface area contributed by atoms with E-state index in [0.717, 1.165) is 17.6 Å². The van der Waals surface area contributed by atoms with Crippen LogP contribution in [0.25, 0.3) is 10.9 Å². The van der Waals surface area contributed by atoms with Crippen molar-refractivity contribution in [2.75, 3.05) is 12.4 Å². The summed E-state index contributed by atoms with van der Waals surface area (Å²) in [6.45, 7) is 0. The maximum absolute atomic E-state index is 4.34. The van der Waals surface area contributed by atoms with Gasteiger partial charge in [-0.3, -0.25) is 4.98 Å². The monoisotopic (exact) mass is 248 g/mol. The van der Waals surface area contributed by atoms with Gasteiger partial charge in [0, 0.05) is 24.3 Å². The predicted octanol–water partition coefficient (Wildman–Crippen LogP) is 3.87. The molecule has 0 fully saturated rings. The van der Waals surface area contributed by atoms with E-state index >= 15 is 0 Å². The molecule has 0 aliphatic rings. The fourth-order valence-corrected chi connectivity index (χ4v) is 2.26. The minimum Gasteiger partial charge on any atom is -0.388 e. The molecule has 0 aliphatic carbocycles.